The fourth-order valence-electron chi connectivity index (χ4n) is 4.26. The molecule has 13 heteroatoms. The fraction of sp³-hybridized carbons (Fsp3) is 0.577. The lowest BCUT2D eigenvalue weighted by Crippen LogP contribution is -2.56. The van der Waals surface area contributed by atoms with Gasteiger partial charge < -0.3 is 25.0 Å². The largest absolute Gasteiger partial charge is 0.475 e. The lowest BCUT2D eigenvalue weighted by Gasteiger charge is -2.35. The Hall–Kier alpha value is -2.92. The van der Waals surface area contributed by atoms with Gasteiger partial charge in [-0.3, -0.25) is 14.9 Å². The predicted octanol–water partition coefficient (Wildman–Crippen LogP) is 1.75. The maximum absolute atomic E-state index is 13.0. The number of carbonyl (C=O) groups is 2. The van der Waals surface area contributed by atoms with Gasteiger partial charge in [0, 0.05) is 6.54 Å². The molecule has 0 radical (unpaired) electrons. The topological polar surface area (TPSA) is 135 Å². The zero-order valence-electron chi connectivity index (χ0n) is 22.2. The number of carbonyl (C=O) groups excluding carboxylic acids is 2. The summed E-state index contributed by atoms with van der Waals surface area (Å²) >= 11 is 0. The molecule has 214 valence electrons. The van der Waals surface area contributed by atoms with E-state index in [4.69, 9.17) is 4.74 Å². The quantitative estimate of drug-likeness (QED) is 0.166. The van der Waals surface area contributed by atoms with Crippen molar-refractivity contribution in [1.82, 2.24) is 15.5 Å². The summed E-state index contributed by atoms with van der Waals surface area (Å²) in [7, 11) is -1.95. The molecule has 0 saturated carbocycles. The second-order valence-corrected chi connectivity index (χ2v) is 9.89. The van der Waals surface area contributed by atoms with E-state index in [2.05, 4.69) is 10.6 Å². The van der Waals surface area contributed by atoms with E-state index in [9.17, 15) is 38.1 Å². The van der Waals surface area contributed by atoms with Crippen molar-refractivity contribution in [2.24, 2.45) is 5.92 Å². The molecular weight excluding hydrogens is 516 g/mol. The van der Waals surface area contributed by atoms with Crippen LogP contribution in [0.3, 0.4) is 0 Å². The Balaban J connectivity index is 2.07. The number of amides is 2. The first kappa shape index (κ1) is 32.3. The van der Waals surface area contributed by atoms with Crippen molar-refractivity contribution in [2.75, 3.05) is 26.3 Å². The monoisotopic (exact) mass is 552 g/mol. The van der Waals surface area contributed by atoms with Crippen LogP contribution in [0.2, 0.25) is 0 Å². The Morgan fingerprint density at radius 1 is 1.26 bits per heavy atom. The van der Waals surface area contributed by atoms with Crippen LogP contribution in [0.5, 0.6) is 0 Å². The fourth-order valence-corrected chi connectivity index (χ4v) is 4.26. The Morgan fingerprint density at radius 3 is 2.54 bits per heavy atom. The highest BCUT2D eigenvalue weighted by molar-refractivity contribution is 6.43. The number of ether oxygens (including phenoxy) is 1. The SMILES string of the molecule is CC(C)C=C(C#N)C(=O)N1CCCC[C@@H]1COCC(NCC(F)(F)F)C(=O)NC(Cc1ccccc1)B(O)O. The number of allylic oxidation sites excluding steroid dienone is 1. The summed E-state index contributed by atoms with van der Waals surface area (Å²) in [5.74, 6) is -2.50. The molecule has 0 aromatic heterocycles. The van der Waals surface area contributed by atoms with Crippen LogP contribution in [0.15, 0.2) is 42.0 Å². The molecule has 2 unspecified atom stereocenters. The molecule has 1 fully saturated rings. The first-order valence-corrected chi connectivity index (χ1v) is 12.9. The number of nitrogens with zero attached hydrogens (tertiary/aromatic N) is 2. The van der Waals surface area contributed by atoms with Crippen LogP contribution in [0, 0.1) is 17.2 Å². The van der Waals surface area contributed by atoms with Crippen LogP contribution < -0.4 is 10.6 Å². The molecule has 0 aliphatic carbocycles. The maximum Gasteiger partial charge on any atom is 0.475 e. The number of halogens is 3. The average molecular weight is 552 g/mol. The molecule has 0 spiro atoms. The number of nitrogens with one attached hydrogen (secondary N) is 2. The van der Waals surface area contributed by atoms with E-state index in [1.54, 1.807) is 36.4 Å². The van der Waals surface area contributed by atoms with Crippen molar-refractivity contribution in [3.05, 3.63) is 47.5 Å². The Kier molecular flexibility index (Phi) is 12.9. The van der Waals surface area contributed by atoms with E-state index in [0.717, 1.165) is 12.8 Å². The standard InChI is InChI=1S/C26H36BF3N4O5/c1-18(2)12-20(14-31)25(36)34-11-7-6-10-21(34)15-39-16-22(32-17-26(28,29)30)24(35)33-23(27(37)38)13-19-8-4-3-5-9-19/h3-5,8-9,12,18,21-23,32,37-38H,6-7,10-11,13,15-17H2,1-2H3,(H,33,35)/t21-,22?,23?/m1/s1. The van der Waals surface area contributed by atoms with Gasteiger partial charge in [-0.2, -0.15) is 18.4 Å². The number of nitriles is 1. The van der Waals surface area contributed by atoms with Gasteiger partial charge in [0.25, 0.3) is 5.91 Å². The molecule has 2 rings (SSSR count). The highest BCUT2D eigenvalue weighted by atomic mass is 19.4. The zero-order valence-corrected chi connectivity index (χ0v) is 22.2. The van der Waals surface area contributed by atoms with E-state index in [1.165, 1.54) is 4.90 Å². The molecule has 1 aromatic carbocycles. The molecule has 1 saturated heterocycles. The highest BCUT2D eigenvalue weighted by Gasteiger charge is 2.34. The zero-order chi connectivity index (χ0) is 29.0. The molecule has 1 aromatic rings. The van der Waals surface area contributed by atoms with Gasteiger partial charge in [-0.1, -0.05) is 50.3 Å². The number of rotatable bonds is 13. The van der Waals surface area contributed by atoms with Gasteiger partial charge in [-0.25, -0.2) is 0 Å². The second-order valence-electron chi connectivity index (χ2n) is 9.89. The number of piperidine rings is 1. The molecule has 1 aliphatic rings. The molecule has 1 aliphatic heterocycles. The Labute approximate surface area is 227 Å². The van der Waals surface area contributed by atoms with Crippen LogP contribution in [0.25, 0.3) is 0 Å². The molecule has 3 atom stereocenters. The van der Waals surface area contributed by atoms with Gasteiger partial charge in [0.15, 0.2) is 0 Å². The minimum absolute atomic E-state index is 0.00905. The number of hydrogen-bond donors (Lipinski definition) is 4. The number of likely N-dealkylation sites (tertiary alicyclic amines) is 1. The van der Waals surface area contributed by atoms with E-state index in [0.29, 0.717) is 18.5 Å². The average Bonchev–Trinajstić information content (AvgIpc) is 2.88. The van der Waals surface area contributed by atoms with Crippen molar-refractivity contribution in [2.45, 2.75) is 63.7 Å². The second kappa shape index (κ2) is 15.6. The lowest BCUT2D eigenvalue weighted by molar-refractivity contribution is -0.137. The normalized spacial score (nSPS) is 17.9. The van der Waals surface area contributed by atoms with Crippen LogP contribution in [0.1, 0.15) is 38.7 Å². The summed E-state index contributed by atoms with van der Waals surface area (Å²) in [5.41, 5.74) is 0.713. The number of hydrogen-bond acceptors (Lipinski definition) is 7. The van der Waals surface area contributed by atoms with Gasteiger partial charge in [0.1, 0.15) is 17.7 Å². The van der Waals surface area contributed by atoms with Crippen LogP contribution >= 0.6 is 0 Å². The third-order valence-corrected chi connectivity index (χ3v) is 6.18. The molecule has 9 nitrogen and oxygen atoms in total. The van der Waals surface area contributed by atoms with Crippen molar-refractivity contribution in [3.8, 4) is 6.07 Å². The van der Waals surface area contributed by atoms with Crippen LogP contribution in [-0.4, -0.2) is 84.4 Å². The van der Waals surface area contributed by atoms with E-state index in [-0.39, 0.29) is 24.5 Å². The van der Waals surface area contributed by atoms with E-state index < -0.39 is 56.3 Å². The molecule has 4 N–H and O–H groups in total. The summed E-state index contributed by atoms with van der Waals surface area (Å²) < 4.78 is 44.4. The number of benzene rings is 1. The Bertz CT molecular complexity index is 1000. The van der Waals surface area contributed by atoms with Crippen molar-refractivity contribution in [3.63, 3.8) is 0 Å². The summed E-state index contributed by atoms with van der Waals surface area (Å²) in [6.45, 7) is 2.16. The van der Waals surface area contributed by atoms with Crippen LogP contribution in [-0.2, 0) is 20.7 Å². The molecule has 0 bridgehead atoms. The van der Waals surface area contributed by atoms with Gasteiger partial charge in [-0.15, -0.1) is 0 Å². The van der Waals surface area contributed by atoms with Gasteiger partial charge in [-0.05, 0) is 37.2 Å². The molecule has 2 amide bonds. The maximum atomic E-state index is 13.0. The first-order chi connectivity index (χ1) is 18.4. The van der Waals surface area contributed by atoms with E-state index in [1.807, 2.05) is 19.9 Å². The van der Waals surface area contributed by atoms with Crippen molar-refractivity contribution >= 4 is 18.9 Å². The van der Waals surface area contributed by atoms with Crippen molar-refractivity contribution < 1.29 is 37.5 Å². The van der Waals surface area contributed by atoms with Crippen LogP contribution in [0.4, 0.5) is 13.2 Å². The predicted molar refractivity (Wildman–Crippen MR) is 139 cm³/mol. The summed E-state index contributed by atoms with van der Waals surface area (Å²) in [4.78, 5) is 27.4. The first-order valence-electron chi connectivity index (χ1n) is 12.9. The third kappa shape index (κ3) is 11.4. The summed E-state index contributed by atoms with van der Waals surface area (Å²) in [5, 5.41) is 33.5. The van der Waals surface area contributed by atoms with Crippen molar-refractivity contribution in [1.29, 1.82) is 5.26 Å². The minimum atomic E-state index is -4.60. The number of alkyl halides is 3. The van der Waals surface area contributed by atoms with Gasteiger partial charge >= 0.3 is 13.3 Å². The van der Waals surface area contributed by atoms with E-state index >= 15 is 0 Å². The smallest absolute Gasteiger partial charge is 0.426 e. The van der Waals surface area contributed by atoms with Gasteiger partial charge in [0.2, 0.25) is 5.91 Å². The molecule has 1 heterocycles. The lowest BCUT2D eigenvalue weighted by atomic mass is 9.76. The summed E-state index contributed by atoms with van der Waals surface area (Å²) in [6.07, 6.45) is -0.845. The highest BCUT2D eigenvalue weighted by Crippen LogP contribution is 2.20. The molecule has 39 heavy (non-hydrogen) atoms. The third-order valence-electron chi connectivity index (χ3n) is 6.18. The Morgan fingerprint density at radius 2 is 1.95 bits per heavy atom. The van der Waals surface area contributed by atoms with Gasteiger partial charge in [0.05, 0.1) is 31.7 Å². The summed E-state index contributed by atoms with van der Waals surface area (Å²) in [6, 6.07) is 8.74. The minimum Gasteiger partial charge on any atom is -0.426 e. The molecular formula is C26H36BF3N4O5.